The number of hydrogen-bond acceptors (Lipinski definition) is 4. The molecule has 0 bridgehead atoms. The Labute approximate surface area is 103 Å². The lowest BCUT2D eigenvalue weighted by Gasteiger charge is -2.03. The minimum atomic E-state index is 0.497. The fourth-order valence-corrected chi connectivity index (χ4v) is 2.27. The topological polar surface area (TPSA) is 34.1 Å². The second-order valence-electron chi connectivity index (χ2n) is 3.15. The summed E-state index contributed by atoms with van der Waals surface area (Å²) in [6.45, 7) is 0.657. The SMILES string of the molecule is COc1nsc(CNc2ccccc2)c1Cl. The van der Waals surface area contributed by atoms with Crippen LogP contribution in [0.4, 0.5) is 5.69 Å². The highest BCUT2D eigenvalue weighted by molar-refractivity contribution is 7.06. The molecule has 0 aliphatic heterocycles. The molecular weight excluding hydrogens is 244 g/mol. The molecule has 0 aliphatic carbocycles. The van der Waals surface area contributed by atoms with Crippen molar-refractivity contribution in [2.45, 2.75) is 6.54 Å². The van der Waals surface area contributed by atoms with Crippen LogP contribution < -0.4 is 10.1 Å². The van der Waals surface area contributed by atoms with E-state index in [2.05, 4.69) is 9.69 Å². The molecule has 2 aromatic rings. The van der Waals surface area contributed by atoms with E-state index in [1.54, 1.807) is 7.11 Å². The second-order valence-corrected chi connectivity index (χ2v) is 4.38. The zero-order chi connectivity index (χ0) is 11.4. The van der Waals surface area contributed by atoms with Crippen LogP contribution in [0.1, 0.15) is 4.88 Å². The number of nitrogens with zero attached hydrogens (tertiary/aromatic N) is 1. The van der Waals surface area contributed by atoms with Gasteiger partial charge in [-0.1, -0.05) is 29.8 Å². The molecule has 0 saturated carbocycles. The van der Waals surface area contributed by atoms with Crippen molar-refractivity contribution < 1.29 is 4.74 Å². The first kappa shape index (κ1) is 11.2. The molecule has 0 fully saturated rings. The molecule has 0 unspecified atom stereocenters. The average Bonchev–Trinajstić information content (AvgIpc) is 2.69. The number of aromatic nitrogens is 1. The molecule has 2 rings (SSSR count). The third kappa shape index (κ3) is 2.46. The predicted octanol–water partition coefficient (Wildman–Crippen LogP) is 3.42. The molecule has 0 spiro atoms. The van der Waals surface area contributed by atoms with Gasteiger partial charge in [0.25, 0.3) is 0 Å². The van der Waals surface area contributed by atoms with Gasteiger partial charge in [0.15, 0.2) is 0 Å². The lowest BCUT2D eigenvalue weighted by Crippen LogP contribution is -1.97. The first-order chi connectivity index (χ1) is 7.81. The van der Waals surface area contributed by atoms with E-state index in [4.69, 9.17) is 16.3 Å². The normalized spacial score (nSPS) is 10.1. The summed E-state index contributed by atoms with van der Waals surface area (Å²) >= 11 is 7.42. The molecule has 1 aromatic carbocycles. The summed E-state index contributed by atoms with van der Waals surface area (Å²) in [5, 5.41) is 3.86. The van der Waals surface area contributed by atoms with Gasteiger partial charge in [-0.2, -0.15) is 4.37 Å². The summed E-state index contributed by atoms with van der Waals surface area (Å²) in [6.07, 6.45) is 0. The maximum absolute atomic E-state index is 6.07. The van der Waals surface area contributed by atoms with E-state index in [9.17, 15) is 0 Å². The maximum atomic E-state index is 6.07. The Morgan fingerprint density at radius 1 is 1.38 bits per heavy atom. The van der Waals surface area contributed by atoms with Gasteiger partial charge in [-0.25, -0.2) is 0 Å². The molecule has 5 heteroatoms. The molecule has 0 saturated heterocycles. The van der Waals surface area contributed by atoms with Crippen LogP contribution in [-0.2, 0) is 6.54 Å². The molecule has 1 heterocycles. The van der Waals surface area contributed by atoms with Gasteiger partial charge in [-0.3, -0.25) is 0 Å². The lowest BCUT2D eigenvalue weighted by atomic mass is 10.3. The highest BCUT2D eigenvalue weighted by Crippen LogP contribution is 2.30. The van der Waals surface area contributed by atoms with Crippen LogP contribution in [0.25, 0.3) is 0 Å². The molecule has 1 N–H and O–H groups in total. The third-order valence-electron chi connectivity index (χ3n) is 2.09. The second kappa shape index (κ2) is 5.18. The van der Waals surface area contributed by atoms with E-state index >= 15 is 0 Å². The van der Waals surface area contributed by atoms with Gasteiger partial charge in [0.05, 0.1) is 18.5 Å². The number of halogens is 1. The van der Waals surface area contributed by atoms with Crippen molar-refractivity contribution in [2.24, 2.45) is 0 Å². The van der Waals surface area contributed by atoms with Crippen molar-refractivity contribution in [1.29, 1.82) is 0 Å². The molecule has 0 atom stereocenters. The summed E-state index contributed by atoms with van der Waals surface area (Å²) in [4.78, 5) is 0.974. The van der Waals surface area contributed by atoms with Crippen molar-refractivity contribution >= 4 is 28.8 Å². The first-order valence-electron chi connectivity index (χ1n) is 4.78. The summed E-state index contributed by atoms with van der Waals surface area (Å²) in [6, 6.07) is 9.96. The molecule has 0 aliphatic rings. The van der Waals surface area contributed by atoms with Crippen LogP contribution in [0.3, 0.4) is 0 Å². The summed E-state index contributed by atoms with van der Waals surface area (Å²) in [5.74, 6) is 0.497. The molecule has 0 radical (unpaired) electrons. The summed E-state index contributed by atoms with van der Waals surface area (Å²) in [7, 11) is 1.56. The van der Waals surface area contributed by atoms with Crippen LogP contribution in [0.2, 0.25) is 5.02 Å². The number of anilines is 1. The van der Waals surface area contributed by atoms with Crippen molar-refractivity contribution in [3.8, 4) is 5.88 Å². The smallest absolute Gasteiger partial charge is 0.244 e. The Morgan fingerprint density at radius 2 is 2.12 bits per heavy atom. The number of benzene rings is 1. The van der Waals surface area contributed by atoms with Gasteiger partial charge in [-0.15, -0.1) is 0 Å². The summed E-state index contributed by atoms with van der Waals surface area (Å²) in [5.41, 5.74) is 1.06. The largest absolute Gasteiger partial charge is 0.479 e. The Morgan fingerprint density at radius 3 is 2.75 bits per heavy atom. The maximum Gasteiger partial charge on any atom is 0.244 e. The molecule has 3 nitrogen and oxygen atoms in total. The van der Waals surface area contributed by atoms with E-state index in [0.29, 0.717) is 17.4 Å². The van der Waals surface area contributed by atoms with Gasteiger partial charge >= 0.3 is 0 Å². The van der Waals surface area contributed by atoms with E-state index in [1.807, 2.05) is 30.3 Å². The Kier molecular flexibility index (Phi) is 3.64. The zero-order valence-electron chi connectivity index (χ0n) is 8.74. The highest BCUT2D eigenvalue weighted by Gasteiger charge is 2.11. The average molecular weight is 255 g/mol. The zero-order valence-corrected chi connectivity index (χ0v) is 10.3. The van der Waals surface area contributed by atoms with Gasteiger partial charge in [0.2, 0.25) is 5.88 Å². The fraction of sp³-hybridized carbons (Fsp3) is 0.182. The number of para-hydroxylation sites is 1. The van der Waals surface area contributed by atoms with Crippen LogP contribution in [0.15, 0.2) is 30.3 Å². The molecule has 84 valence electrons. The summed E-state index contributed by atoms with van der Waals surface area (Å²) < 4.78 is 9.11. The standard InChI is InChI=1S/C11H11ClN2OS/c1-15-11-10(12)9(16-14-11)7-13-8-5-3-2-4-6-8/h2-6,13H,7H2,1H3. The molecule has 0 amide bonds. The first-order valence-corrected chi connectivity index (χ1v) is 5.93. The quantitative estimate of drug-likeness (QED) is 0.908. The Bertz CT molecular complexity index is 458. The highest BCUT2D eigenvalue weighted by atomic mass is 35.5. The lowest BCUT2D eigenvalue weighted by molar-refractivity contribution is 0.402. The number of methoxy groups -OCH3 is 1. The van der Waals surface area contributed by atoms with Crippen LogP contribution in [0, 0.1) is 0 Å². The van der Waals surface area contributed by atoms with E-state index in [-0.39, 0.29) is 0 Å². The number of hydrogen-bond donors (Lipinski definition) is 1. The molecular formula is C11H11ClN2OS. The fourth-order valence-electron chi connectivity index (χ4n) is 1.27. The van der Waals surface area contributed by atoms with Crippen LogP contribution >= 0.6 is 23.1 Å². The van der Waals surface area contributed by atoms with Crippen molar-refractivity contribution in [3.63, 3.8) is 0 Å². The minimum Gasteiger partial charge on any atom is -0.479 e. The van der Waals surface area contributed by atoms with Crippen LogP contribution in [-0.4, -0.2) is 11.5 Å². The van der Waals surface area contributed by atoms with Gasteiger partial charge < -0.3 is 10.1 Å². The van der Waals surface area contributed by atoms with Gasteiger partial charge in [0.1, 0.15) is 5.02 Å². The van der Waals surface area contributed by atoms with E-state index in [0.717, 1.165) is 10.6 Å². The number of nitrogens with one attached hydrogen (secondary N) is 1. The van der Waals surface area contributed by atoms with Crippen LogP contribution in [0.5, 0.6) is 5.88 Å². The van der Waals surface area contributed by atoms with Gasteiger partial charge in [0, 0.05) is 5.69 Å². The Balaban J connectivity index is 2.02. The van der Waals surface area contributed by atoms with Crippen molar-refractivity contribution in [3.05, 3.63) is 40.2 Å². The molecule has 16 heavy (non-hydrogen) atoms. The van der Waals surface area contributed by atoms with Crippen molar-refractivity contribution in [1.82, 2.24) is 4.37 Å². The molecule has 1 aromatic heterocycles. The predicted molar refractivity (Wildman–Crippen MR) is 67.4 cm³/mol. The van der Waals surface area contributed by atoms with E-state index < -0.39 is 0 Å². The van der Waals surface area contributed by atoms with E-state index in [1.165, 1.54) is 11.5 Å². The third-order valence-corrected chi connectivity index (χ3v) is 3.42. The Hall–Kier alpha value is -1.26. The minimum absolute atomic E-state index is 0.497. The monoisotopic (exact) mass is 254 g/mol. The number of ether oxygens (including phenoxy) is 1. The van der Waals surface area contributed by atoms with Crippen molar-refractivity contribution in [2.75, 3.05) is 12.4 Å². The van der Waals surface area contributed by atoms with Gasteiger partial charge in [-0.05, 0) is 23.7 Å². The number of rotatable bonds is 4.